The summed E-state index contributed by atoms with van der Waals surface area (Å²) in [5.41, 5.74) is -0.842. The standard InChI is InChI=1S/C13H18F3NO/c1-4-17(8-13(2,3)18)7-9-5-11(15)12(16)6-10(9)14/h5-6,18H,4,7-8H2,1-3H3. The van der Waals surface area contributed by atoms with Crippen molar-refractivity contribution in [3.63, 3.8) is 0 Å². The molecule has 0 spiro atoms. The third kappa shape index (κ3) is 4.31. The van der Waals surface area contributed by atoms with E-state index in [1.807, 2.05) is 6.92 Å². The number of aliphatic hydroxyl groups is 1. The average Bonchev–Trinajstić information content (AvgIpc) is 2.22. The van der Waals surface area contributed by atoms with Crippen LogP contribution in [0.1, 0.15) is 26.3 Å². The van der Waals surface area contributed by atoms with E-state index in [9.17, 15) is 18.3 Å². The van der Waals surface area contributed by atoms with Crippen LogP contribution in [0.2, 0.25) is 0 Å². The van der Waals surface area contributed by atoms with Crippen LogP contribution in [0.5, 0.6) is 0 Å². The van der Waals surface area contributed by atoms with E-state index in [0.29, 0.717) is 19.2 Å². The molecule has 1 aromatic rings. The highest BCUT2D eigenvalue weighted by atomic mass is 19.2. The Morgan fingerprint density at radius 3 is 2.17 bits per heavy atom. The lowest BCUT2D eigenvalue weighted by Crippen LogP contribution is -2.38. The first-order valence-electron chi connectivity index (χ1n) is 5.81. The van der Waals surface area contributed by atoms with Gasteiger partial charge >= 0.3 is 0 Å². The highest BCUT2D eigenvalue weighted by Crippen LogP contribution is 2.16. The second-order valence-electron chi connectivity index (χ2n) is 4.97. The molecule has 0 fully saturated rings. The zero-order valence-corrected chi connectivity index (χ0v) is 10.8. The molecular weight excluding hydrogens is 243 g/mol. The second kappa shape index (κ2) is 5.71. The number of hydrogen-bond acceptors (Lipinski definition) is 2. The van der Waals surface area contributed by atoms with Gasteiger partial charge in [-0.2, -0.15) is 0 Å². The Hall–Kier alpha value is -1.07. The molecule has 102 valence electrons. The molecule has 0 amide bonds. The molecule has 0 heterocycles. The van der Waals surface area contributed by atoms with Crippen LogP contribution < -0.4 is 0 Å². The number of likely N-dealkylation sites (N-methyl/N-ethyl adjacent to an activating group) is 1. The molecule has 0 bridgehead atoms. The van der Waals surface area contributed by atoms with Crippen LogP contribution >= 0.6 is 0 Å². The molecule has 0 radical (unpaired) electrons. The second-order valence-corrected chi connectivity index (χ2v) is 4.97. The molecule has 0 unspecified atom stereocenters. The van der Waals surface area contributed by atoms with Crippen molar-refractivity contribution in [1.29, 1.82) is 0 Å². The molecule has 1 aromatic carbocycles. The van der Waals surface area contributed by atoms with Gasteiger partial charge in [-0.05, 0) is 26.5 Å². The Morgan fingerprint density at radius 1 is 1.11 bits per heavy atom. The lowest BCUT2D eigenvalue weighted by Gasteiger charge is -2.28. The normalized spacial score (nSPS) is 12.2. The predicted molar refractivity (Wildman–Crippen MR) is 63.6 cm³/mol. The fraction of sp³-hybridized carbons (Fsp3) is 0.538. The van der Waals surface area contributed by atoms with Crippen molar-refractivity contribution in [2.75, 3.05) is 13.1 Å². The van der Waals surface area contributed by atoms with Gasteiger partial charge in [-0.15, -0.1) is 0 Å². The number of halogens is 3. The maximum atomic E-state index is 13.5. The maximum absolute atomic E-state index is 13.5. The molecule has 5 heteroatoms. The lowest BCUT2D eigenvalue weighted by atomic mass is 10.1. The van der Waals surface area contributed by atoms with Gasteiger partial charge in [0.15, 0.2) is 11.6 Å². The van der Waals surface area contributed by atoms with Gasteiger partial charge < -0.3 is 5.11 Å². The summed E-state index contributed by atoms with van der Waals surface area (Å²) in [5, 5.41) is 9.70. The van der Waals surface area contributed by atoms with Gasteiger partial charge in [0.25, 0.3) is 0 Å². The van der Waals surface area contributed by atoms with Crippen molar-refractivity contribution >= 4 is 0 Å². The molecule has 0 saturated heterocycles. The van der Waals surface area contributed by atoms with E-state index in [0.717, 1.165) is 6.07 Å². The van der Waals surface area contributed by atoms with Crippen LogP contribution in [0, 0.1) is 17.5 Å². The molecule has 2 nitrogen and oxygen atoms in total. The van der Waals surface area contributed by atoms with Crippen molar-refractivity contribution in [3.8, 4) is 0 Å². The molecule has 0 aliphatic heterocycles. The molecule has 0 aromatic heterocycles. The lowest BCUT2D eigenvalue weighted by molar-refractivity contribution is 0.0349. The van der Waals surface area contributed by atoms with Gasteiger partial charge in [-0.3, -0.25) is 4.90 Å². The zero-order chi connectivity index (χ0) is 13.9. The molecule has 18 heavy (non-hydrogen) atoms. The summed E-state index contributed by atoms with van der Waals surface area (Å²) < 4.78 is 39.3. The largest absolute Gasteiger partial charge is 0.389 e. The average molecular weight is 261 g/mol. The van der Waals surface area contributed by atoms with Crippen LogP contribution in [-0.4, -0.2) is 28.7 Å². The zero-order valence-electron chi connectivity index (χ0n) is 10.8. The number of benzene rings is 1. The topological polar surface area (TPSA) is 23.5 Å². The summed E-state index contributed by atoms with van der Waals surface area (Å²) in [6, 6.07) is 1.40. The first kappa shape index (κ1) is 15.0. The van der Waals surface area contributed by atoms with Crippen molar-refractivity contribution in [2.24, 2.45) is 0 Å². The Bertz CT molecular complexity index is 415. The molecule has 0 aliphatic rings. The van der Waals surface area contributed by atoms with Gasteiger partial charge in [0.1, 0.15) is 5.82 Å². The van der Waals surface area contributed by atoms with E-state index in [1.54, 1.807) is 18.7 Å². The van der Waals surface area contributed by atoms with Gasteiger partial charge in [-0.25, -0.2) is 13.2 Å². The first-order chi connectivity index (χ1) is 8.23. The van der Waals surface area contributed by atoms with Crippen LogP contribution in [-0.2, 0) is 6.54 Å². The van der Waals surface area contributed by atoms with Crippen LogP contribution in [0.15, 0.2) is 12.1 Å². The molecule has 0 atom stereocenters. The summed E-state index contributed by atoms with van der Waals surface area (Å²) in [6.07, 6.45) is 0. The summed E-state index contributed by atoms with van der Waals surface area (Å²) >= 11 is 0. The smallest absolute Gasteiger partial charge is 0.161 e. The third-order valence-corrected chi connectivity index (χ3v) is 2.54. The van der Waals surface area contributed by atoms with Crippen LogP contribution in [0.4, 0.5) is 13.2 Å². The third-order valence-electron chi connectivity index (χ3n) is 2.54. The van der Waals surface area contributed by atoms with E-state index in [1.165, 1.54) is 0 Å². The molecule has 1 rings (SSSR count). The minimum Gasteiger partial charge on any atom is -0.389 e. The highest BCUT2D eigenvalue weighted by Gasteiger charge is 2.19. The van der Waals surface area contributed by atoms with Gasteiger partial charge in [0, 0.05) is 24.7 Å². The monoisotopic (exact) mass is 261 g/mol. The van der Waals surface area contributed by atoms with Crippen molar-refractivity contribution in [3.05, 3.63) is 35.1 Å². The first-order valence-corrected chi connectivity index (χ1v) is 5.81. The van der Waals surface area contributed by atoms with Crippen molar-refractivity contribution in [1.82, 2.24) is 4.90 Å². The number of hydrogen-bond donors (Lipinski definition) is 1. The minimum atomic E-state index is -1.19. The predicted octanol–water partition coefficient (Wildman–Crippen LogP) is 2.70. The van der Waals surface area contributed by atoms with Gasteiger partial charge in [0.2, 0.25) is 0 Å². The Morgan fingerprint density at radius 2 is 1.67 bits per heavy atom. The summed E-state index contributed by atoms with van der Waals surface area (Å²) in [4.78, 5) is 1.76. The summed E-state index contributed by atoms with van der Waals surface area (Å²) in [5.74, 6) is -3.03. The molecule has 0 aliphatic carbocycles. The quantitative estimate of drug-likeness (QED) is 0.824. The van der Waals surface area contributed by atoms with E-state index in [-0.39, 0.29) is 12.1 Å². The molecular formula is C13H18F3NO. The Labute approximate surface area is 105 Å². The SMILES string of the molecule is CCN(Cc1cc(F)c(F)cc1F)CC(C)(C)O. The number of nitrogens with zero attached hydrogens (tertiary/aromatic N) is 1. The summed E-state index contributed by atoms with van der Waals surface area (Å²) in [7, 11) is 0. The van der Waals surface area contributed by atoms with E-state index >= 15 is 0 Å². The fourth-order valence-electron chi connectivity index (χ4n) is 1.75. The fourth-order valence-corrected chi connectivity index (χ4v) is 1.75. The molecule has 0 saturated carbocycles. The van der Waals surface area contributed by atoms with Crippen LogP contribution in [0.3, 0.4) is 0 Å². The van der Waals surface area contributed by atoms with Crippen molar-refractivity contribution in [2.45, 2.75) is 32.9 Å². The Balaban J connectivity index is 2.85. The number of rotatable bonds is 5. The minimum absolute atomic E-state index is 0.0833. The van der Waals surface area contributed by atoms with E-state index in [2.05, 4.69) is 0 Å². The maximum Gasteiger partial charge on any atom is 0.161 e. The van der Waals surface area contributed by atoms with Crippen molar-refractivity contribution < 1.29 is 18.3 Å². The Kier molecular flexibility index (Phi) is 4.76. The summed E-state index contributed by atoms with van der Waals surface area (Å²) in [6.45, 7) is 6.14. The highest BCUT2D eigenvalue weighted by molar-refractivity contribution is 5.20. The van der Waals surface area contributed by atoms with E-state index < -0.39 is 23.1 Å². The van der Waals surface area contributed by atoms with Gasteiger partial charge in [-0.1, -0.05) is 6.92 Å². The van der Waals surface area contributed by atoms with E-state index in [4.69, 9.17) is 0 Å². The molecule has 1 N–H and O–H groups in total. The van der Waals surface area contributed by atoms with Gasteiger partial charge in [0.05, 0.1) is 5.60 Å². The van der Waals surface area contributed by atoms with Crippen LogP contribution in [0.25, 0.3) is 0 Å².